The summed E-state index contributed by atoms with van der Waals surface area (Å²) in [6, 6.07) is 7.89. The topological polar surface area (TPSA) is 44.0 Å². The van der Waals surface area contributed by atoms with Crippen LogP contribution in [0.2, 0.25) is 0 Å². The van der Waals surface area contributed by atoms with Crippen LogP contribution >= 0.6 is 0 Å². The van der Waals surface area contributed by atoms with Crippen molar-refractivity contribution in [1.82, 2.24) is 0 Å². The Balaban J connectivity index is 2.82. The average molecular weight is 187 g/mol. The molecular weight excluding hydrogens is 174 g/mol. The number of aliphatic hydroxyl groups excluding tert-OH is 1. The molecule has 0 atom stereocenters. The number of nitrogens with zero attached hydrogens (tertiary/aromatic N) is 1. The van der Waals surface area contributed by atoms with Crippen molar-refractivity contribution in [1.29, 1.82) is 5.26 Å². The molecule has 0 aliphatic rings. The van der Waals surface area contributed by atoms with Crippen molar-refractivity contribution in [3.05, 3.63) is 41.0 Å². The van der Waals surface area contributed by atoms with Gasteiger partial charge in [-0.1, -0.05) is 30.4 Å². The molecule has 0 aromatic heterocycles. The number of hydrogen-bond donors (Lipinski definition) is 1. The van der Waals surface area contributed by atoms with Gasteiger partial charge in [-0.25, -0.2) is 0 Å². The zero-order valence-corrected chi connectivity index (χ0v) is 8.20. The highest BCUT2D eigenvalue weighted by Gasteiger charge is 1.96. The fraction of sp³-hybridized carbons (Fsp3) is 0.250. The van der Waals surface area contributed by atoms with Crippen LogP contribution in [0.4, 0.5) is 0 Å². The van der Waals surface area contributed by atoms with Gasteiger partial charge in [0.15, 0.2) is 0 Å². The van der Waals surface area contributed by atoms with Crippen LogP contribution in [0.5, 0.6) is 0 Å². The Morgan fingerprint density at radius 1 is 1.50 bits per heavy atom. The summed E-state index contributed by atoms with van der Waals surface area (Å²) in [7, 11) is 0. The minimum absolute atomic E-state index is 0.0774. The number of hydrogen-bond acceptors (Lipinski definition) is 2. The van der Waals surface area contributed by atoms with Crippen molar-refractivity contribution in [3.63, 3.8) is 0 Å². The monoisotopic (exact) mass is 187 g/mol. The predicted molar refractivity (Wildman–Crippen MR) is 56.4 cm³/mol. The van der Waals surface area contributed by atoms with E-state index in [0.29, 0.717) is 6.42 Å². The van der Waals surface area contributed by atoms with Gasteiger partial charge in [-0.05, 0) is 23.6 Å². The summed E-state index contributed by atoms with van der Waals surface area (Å²) >= 11 is 0. The minimum atomic E-state index is 0.0774. The number of benzene rings is 1. The van der Waals surface area contributed by atoms with Crippen LogP contribution in [0.1, 0.15) is 23.1 Å². The molecule has 0 radical (unpaired) electrons. The predicted octanol–water partition coefficient (Wildman–Crippen LogP) is 2.41. The van der Waals surface area contributed by atoms with Gasteiger partial charge >= 0.3 is 0 Å². The highest BCUT2D eigenvalue weighted by atomic mass is 16.3. The van der Waals surface area contributed by atoms with Crippen molar-refractivity contribution >= 4 is 6.08 Å². The van der Waals surface area contributed by atoms with E-state index in [9.17, 15) is 0 Å². The van der Waals surface area contributed by atoms with E-state index in [1.54, 1.807) is 0 Å². The van der Waals surface area contributed by atoms with Crippen molar-refractivity contribution in [2.24, 2.45) is 0 Å². The number of aryl methyl sites for hydroxylation is 1. The molecule has 0 saturated carbocycles. The first kappa shape index (κ1) is 10.5. The summed E-state index contributed by atoms with van der Waals surface area (Å²) in [6.45, 7) is 2.04. The Kier molecular flexibility index (Phi) is 3.90. The quantitative estimate of drug-likeness (QED) is 0.789. The van der Waals surface area contributed by atoms with E-state index < -0.39 is 0 Å². The molecule has 0 aliphatic heterocycles. The first-order valence-electron chi connectivity index (χ1n) is 4.52. The van der Waals surface area contributed by atoms with Gasteiger partial charge in [-0.2, -0.15) is 5.26 Å². The molecule has 0 unspecified atom stereocenters. The fourth-order valence-electron chi connectivity index (χ4n) is 1.25. The van der Waals surface area contributed by atoms with Crippen molar-refractivity contribution in [2.45, 2.75) is 20.0 Å². The molecule has 0 amide bonds. The van der Waals surface area contributed by atoms with E-state index in [1.165, 1.54) is 0 Å². The summed E-state index contributed by atoms with van der Waals surface area (Å²) < 4.78 is 0. The third kappa shape index (κ3) is 2.72. The summed E-state index contributed by atoms with van der Waals surface area (Å²) in [5.41, 5.74) is 3.09. The van der Waals surface area contributed by atoms with Gasteiger partial charge in [0.1, 0.15) is 0 Å². The maximum Gasteiger partial charge on any atom is 0.0684 e. The standard InChI is InChI=1S/C12H13NO/c1-10-8-11(4-2-3-7-13)5-6-12(10)9-14/h2,4-6,8,14H,3,9H2,1H3. The largest absolute Gasteiger partial charge is 0.392 e. The van der Waals surface area contributed by atoms with Crippen LogP contribution in [0.15, 0.2) is 24.3 Å². The van der Waals surface area contributed by atoms with Gasteiger partial charge in [0.2, 0.25) is 0 Å². The Hall–Kier alpha value is -1.59. The molecule has 0 aliphatic carbocycles. The number of aliphatic hydroxyl groups is 1. The van der Waals surface area contributed by atoms with E-state index in [4.69, 9.17) is 10.4 Å². The second kappa shape index (κ2) is 5.21. The van der Waals surface area contributed by atoms with E-state index in [1.807, 2.05) is 43.3 Å². The van der Waals surface area contributed by atoms with E-state index in [2.05, 4.69) is 0 Å². The number of nitriles is 1. The lowest BCUT2D eigenvalue weighted by molar-refractivity contribution is 0.281. The molecule has 1 aromatic rings. The smallest absolute Gasteiger partial charge is 0.0684 e. The maximum absolute atomic E-state index is 8.96. The minimum Gasteiger partial charge on any atom is -0.392 e. The highest BCUT2D eigenvalue weighted by molar-refractivity contribution is 5.51. The maximum atomic E-state index is 8.96. The third-order valence-electron chi connectivity index (χ3n) is 2.06. The average Bonchev–Trinajstić information content (AvgIpc) is 2.18. The van der Waals surface area contributed by atoms with Crippen LogP contribution in [-0.2, 0) is 6.61 Å². The zero-order valence-electron chi connectivity index (χ0n) is 8.20. The molecule has 0 bridgehead atoms. The summed E-state index contributed by atoms with van der Waals surface area (Å²) in [4.78, 5) is 0. The Labute approximate surface area is 84.1 Å². The molecule has 0 spiro atoms. The van der Waals surface area contributed by atoms with Crippen LogP contribution in [0.3, 0.4) is 0 Å². The molecule has 1 aromatic carbocycles. The van der Waals surface area contributed by atoms with Crippen molar-refractivity contribution in [2.75, 3.05) is 0 Å². The Morgan fingerprint density at radius 2 is 2.29 bits per heavy atom. The number of allylic oxidation sites excluding steroid dienone is 1. The van der Waals surface area contributed by atoms with Gasteiger partial charge < -0.3 is 5.11 Å². The molecule has 0 saturated heterocycles. The van der Waals surface area contributed by atoms with Gasteiger partial charge in [-0.15, -0.1) is 0 Å². The SMILES string of the molecule is Cc1cc(C=CCC#N)ccc1CO. The summed E-state index contributed by atoms with van der Waals surface area (Å²) in [6.07, 6.45) is 4.17. The van der Waals surface area contributed by atoms with Crippen LogP contribution < -0.4 is 0 Å². The van der Waals surface area contributed by atoms with E-state index in [-0.39, 0.29) is 6.61 Å². The molecule has 1 N–H and O–H groups in total. The van der Waals surface area contributed by atoms with Gasteiger partial charge in [0.05, 0.1) is 19.1 Å². The Morgan fingerprint density at radius 3 is 2.86 bits per heavy atom. The fourth-order valence-corrected chi connectivity index (χ4v) is 1.25. The van der Waals surface area contributed by atoms with Gasteiger partial charge in [0.25, 0.3) is 0 Å². The second-order valence-electron chi connectivity index (χ2n) is 3.11. The molecule has 2 nitrogen and oxygen atoms in total. The van der Waals surface area contributed by atoms with Crippen LogP contribution in [0, 0.1) is 18.3 Å². The molecule has 72 valence electrons. The lowest BCUT2D eigenvalue weighted by Gasteiger charge is -2.02. The summed E-state index contributed by atoms with van der Waals surface area (Å²) in [5, 5.41) is 17.3. The molecule has 2 heteroatoms. The molecule has 14 heavy (non-hydrogen) atoms. The Bertz CT molecular complexity index is 374. The first-order chi connectivity index (χ1) is 6.77. The van der Waals surface area contributed by atoms with E-state index in [0.717, 1.165) is 16.7 Å². The third-order valence-corrected chi connectivity index (χ3v) is 2.06. The van der Waals surface area contributed by atoms with Crippen molar-refractivity contribution in [3.8, 4) is 6.07 Å². The first-order valence-corrected chi connectivity index (χ1v) is 4.52. The van der Waals surface area contributed by atoms with E-state index >= 15 is 0 Å². The van der Waals surface area contributed by atoms with Crippen LogP contribution in [-0.4, -0.2) is 5.11 Å². The normalized spacial score (nSPS) is 10.4. The summed E-state index contributed by atoms with van der Waals surface area (Å²) in [5.74, 6) is 0. The lowest BCUT2D eigenvalue weighted by Crippen LogP contribution is -1.88. The van der Waals surface area contributed by atoms with Gasteiger partial charge in [-0.3, -0.25) is 0 Å². The lowest BCUT2D eigenvalue weighted by atomic mass is 10.1. The second-order valence-corrected chi connectivity index (χ2v) is 3.11. The van der Waals surface area contributed by atoms with Gasteiger partial charge in [0, 0.05) is 0 Å². The van der Waals surface area contributed by atoms with Crippen molar-refractivity contribution < 1.29 is 5.11 Å². The molecule has 1 rings (SSSR count). The van der Waals surface area contributed by atoms with Crippen LogP contribution in [0.25, 0.3) is 6.08 Å². The number of rotatable bonds is 3. The zero-order chi connectivity index (χ0) is 10.4. The molecule has 0 fully saturated rings. The molecule has 0 heterocycles. The highest BCUT2D eigenvalue weighted by Crippen LogP contribution is 2.12. The molecular formula is C12H13NO.